The molecule has 9 atom stereocenters. The Kier molecular flexibility index (Phi) is 5.75. The predicted octanol–water partition coefficient (Wildman–Crippen LogP) is 6.60. The van der Waals surface area contributed by atoms with Gasteiger partial charge in [0.15, 0.2) is 0 Å². The Morgan fingerprint density at radius 1 is 1.26 bits per heavy atom. The number of carboxylic acids is 1. The van der Waals surface area contributed by atoms with Gasteiger partial charge < -0.3 is 9.84 Å². The maximum absolute atomic E-state index is 11.6. The number of allylic oxidation sites excluding steroid dienone is 2. The van der Waals surface area contributed by atoms with E-state index in [-0.39, 0.29) is 28.8 Å². The summed E-state index contributed by atoms with van der Waals surface area (Å²) in [6.07, 6.45) is 13.9. The lowest BCUT2D eigenvalue weighted by atomic mass is 9.43. The topological polar surface area (TPSA) is 63.6 Å². The molecule has 0 radical (unpaired) electrons. The molecule has 1 N–H and O–H groups in total. The number of hydrogen-bond donors (Lipinski definition) is 1. The van der Waals surface area contributed by atoms with Crippen molar-refractivity contribution in [2.45, 2.75) is 98.0 Å². The highest BCUT2D eigenvalue weighted by Crippen LogP contribution is 2.88. The van der Waals surface area contributed by atoms with Crippen molar-refractivity contribution < 1.29 is 19.4 Å². The second-order valence-electron chi connectivity index (χ2n) is 13.3. The van der Waals surface area contributed by atoms with Crippen molar-refractivity contribution in [2.75, 3.05) is 6.61 Å². The zero-order chi connectivity index (χ0) is 24.5. The van der Waals surface area contributed by atoms with Crippen LogP contribution in [0.1, 0.15) is 91.9 Å². The average Bonchev–Trinajstić information content (AvgIpc) is 3.18. The molecule has 4 nitrogen and oxygen atoms in total. The molecule has 1 spiro atoms. The van der Waals surface area contributed by atoms with Gasteiger partial charge in [-0.2, -0.15) is 0 Å². The van der Waals surface area contributed by atoms with E-state index in [1.165, 1.54) is 37.7 Å². The van der Waals surface area contributed by atoms with Gasteiger partial charge in [-0.3, -0.25) is 9.59 Å². The Morgan fingerprint density at radius 2 is 2.03 bits per heavy atom. The van der Waals surface area contributed by atoms with Crippen LogP contribution in [0.2, 0.25) is 0 Å². The molecule has 1 aliphatic heterocycles. The van der Waals surface area contributed by atoms with Crippen molar-refractivity contribution in [3.05, 3.63) is 23.8 Å². The summed E-state index contributed by atoms with van der Waals surface area (Å²) in [5, 5.41) is 9.56. The summed E-state index contributed by atoms with van der Waals surface area (Å²) in [7, 11) is 0. The molecule has 4 saturated carbocycles. The molecule has 5 fully saturated rings. The number of carboxylic acid groups (broad SMARTS) is 1. The summed E-state index contributed by atoms with van der Waals surface area (Å²) < 4.78 is 6.35. The molecule has 0 aromatic heterocycles. The summed E-state index contributed by atoms with van der Waals surface area (Å²) >= 11 is 0. The first-order valence-electron chi connectivity index (χ1n) is 13.7. The Balaban J connectivity index is 1.42. The van der Waals surface area contributed by atoms with Crippen LogP contribution in [0, 0.1) is 45.3 Å². The number of ether oxygens (including phenoxy) is 1. The Labute approximate surface area is 205 Å². The van der Waals surface area contributed by atoms with Crippen molar-refractivity contribution in [3.63, 3.8) is 0 Å². The highest BCUT2D eigenvalue weighted by atomic mass is 16.5. The molecule has 1 saturated heterocycles. The molecule has 5 aliphatic rings. The molecule has 34 heavy (non-hydrogen) atoms. The number of hydrogen-bond acceptors (Lipinski definition) is 3. The smallest absolute Gasteiger partial charge is 0.303 e. The van der Waals surface area contributed by atoms with Gasteiger partial charge >= 0.3 is 5.97 Å². The molecule has 188 valence electrons. The van der Waals surface area contributed by atoms with E-state index >= 15 is 0 Å². The normalized spacial score (nSPS) is 47.9. The zero-order valence-corrected chi connectivity index (χ0v) is 21.7. The van der Waals surface area contributed by atoms with E-state index in [9.17, 15) is 14.7 Å². The third-order valence-corrected chi connectivity index (χ3v) is 12.2. The minimum absolute atomic E-state index is 0.0950. The summed E-state index contributed by atoms with van der Waals surface area (Å²) in [5.41, 5.74) is 3.04. The van der Waals surface area contributed by atoms with Crippen molar-refractivity contribution in [1.82, 2.24) is 0 Å². The molecule has 0 aromatic rings. The van der Waals surface area contributed by atoms with Gasteiger partial charge in [-0.25, -0.2) is 0 Å². The second-order valence-corrected chi connectivity index (χ2v) is 13.3. The van der Waals surface area contributed by atoms with Gasteiger partial charge in [0.1, 0.15) is 6.29 Å². The van der Waals surface area contributed by atoms with E-state index in [1.807, 2.05) is 6.92 Å². The quantitative estimate of drug-likeness (QED) is 0.248. The second kappa shape index (κ2) is 8.05. The van der Waals surface area contributed by atoms with Crippen LogP contribution < -0.4 is 0 Å². The number of carbonyl (C=O) groups excluding carboxylic acids is 1. The van der Waals surface area contributed by atoms with Gasteiger partial charge in [0.2, 0.25) is 0 Å². The monoisotopic (exact) mass is 468 g/mol. The van der Waals surface area contributed by atoms with E-state index in [4.69, 9.17) is 4.74 Å². The number of aliphatic carboxylic acids is 1. The predicted molar refractivity (Wildman–Crippen MR) is 133 cm³/mol. The lowest BCUT2D eigenvalue weighted by Crippen LogP contribution is -2.56. The van der Waals surface area contributed by atoms with Crippen LogP contribution in [0.4, 0.5) is 0 Å². The number of rotatable bonds is 8. The first-order chi connectivity index (χ1) is 16.0. The molecular weight excluding hydrogens is 424 g/mol. The lowest BCUT2D eigenvalue weighted by Gasteiger charge is -2.61. The molecular formula is C30H44O4. The van der Waals surface area contributed by atoms with Crippen LogP contribution in [-0.4, -0.2) is 30.1 Å². The molecule has 0 bridgehead atoms. The van der Waals surface area contributed by atoms with Gasteiger partial charge in [-0.1, -0.05) is 33.4 Å². The third kappa shape index (κ3) is 3.12. The highest BCUT2D eigenvalue weighted by molar-refractivity contribution is 5.71. The molecule has 4 aliphatic carbocycles. The van der Waals surface area contributed by atoms with Gasteiger partial charge in [0, 0.05) is 12.3 Å². The van der Waals surface area contributed by atoms with Crippen LogP contribution in [0.25, 0.3) is 0 Å². The lowest BCUT2D eigenvalue weighted by molar-refractivity contribution is -0.147. The maximum atomic E-state index is 11.6. The summed E-state index contributed by atoms with van der Waals surface area (Å²) in [6, 6.07) is 0. The van der Waals surface area contributed by atoms with Gasteiger partial charge in [-0.05, 0) is 115 Å². The van der Waals surface area contributed by atoms with E-state index in [0.717, 1.165) is 37.5 Å². The molecule has 0 aromatic carbocycles. The fourth-order valence-electron chi connectivity index (χ4n) is 10.4. The highest BCUT2D eigenvalue weighted by Gasteiger charge is 2.82. The van der Waals surface area contributed by atoms with E-state index < -0.39 is 5.97 Å². The number of aldehydes is 1. The van der Waals surface area contributed by atoms with E-state index in [2.05, 4.69) is 33.4 Å². The average molecular weight is 469 g/mol. The molecule has 0 amide bonds. The minimum atomic E-state index is -0.667. The maximum Gasteiger partial charge on any atom is 0.303 e. The van der Waals surface area contributed by atoms with Crippen molar-refractivity contribution in [1.29, 1.82) is 0 Å². The largest absolute Gasteiger partial charge is 0.481 e. The van der Waals surface area contributed by atoms with Crippen molar-refractivity contribution in [2.24, 2.45) is 45.3 Å². The van der Waals surface area contributed by atoms with E-state index in [1.54, 1.807) is 0 Å². The Hall–Kier alpha value is -1.42. The first-order valence-corrected chi connectivity index (χ1v) is 13.7. The number of fused-ring (bicyclic) bond motifs is 4. The molecule has 5 rings (SSSR count). The summed E-state index contributed by atoms with van der Waals surface area (Å²) in [4.78, 5) is 22.6. The molecule has 4 heteroatoms. The third-order valence-electron chi connectivity index (χ3n) is 12.2. The van der Waals surface area contributed by atoms with Crippen LogP contribution in [0.15, 0.2) is 23.8 Å². The number of carbonyl (C=O) groups is 2. The SMILES string of the molecule is C=C1CO[C@@H]2C[C@@H]3[C@]4(CC[C@]5(C)[C@@H]([C@H](C)CC/C=C(\C)C=O)CC[C@@]35C)C[C@]4(CCC(=O)O)C12. The standard InChI is InChI=1S/C30H44O4/c1-19(16-31)7-6-8-20(2)22-9-11-28(5)24-15-23-26(21(3)17-34-23)30(12-10-25(32)33)18-29(24,30)14-13-27(22,28)4/h7,16,20,22-24,26H,3,6,8-15,17-18H2,1-2,4-5H3,(H,32,33)/b19-7+/t20-,22-,23-,24+,26?,27-,28+,29+,30-/m1/s1. The zero-order valence-electron chi connectivity index (χ0n) is 21.7. The fourth-order valence-corrected chi connectivity index (χ4v) is 10.4. The van der Waals surface area contributed by atoms with Crippen LogP contribution >= 0.6 is 0 Å². The molecule has 1 unspecified atom stereocenters. The Morgan fingerprint density at radius 3 is 2.74 bits per heavy atom. The first kappa shape index (κ1) is 24.3. The van der Waals surface area contributed by atoms with Crippen LogP contribution in [-0.2, 0) is 14.3 Å². The summed E-state index contributed by atoms with van der Waals surface area (Å²) in [5.74, 6) is 1.67. The van der Waals surface area contributed by atoms with Crippen molar-refractivity contribution in [3.8, 4) is 0 Å². The Bertz CT molecular complexity index is 921. The fraction of sp³-hybridized carbons (Fsp3) is 0.800. The van der Waals surface area contributed by atoms with Crippen LogP contribution in [0.5, 0.6) is 0 Å². The van der Waals surface area contributed by atoms with Crippen LogP contribution in [0.3, 0.4) is 0 Å². The molecule has 1 heterocycles. The summed E-state index contributed by atoms with van der Waals surface area (Å²) in [6.45, 7) is 14.6. The van der Waals surface area contributed by atoms with Crippen molar-refractivity contribution >= 4 is 12.3 Å². The van der Waals surface area contributed by atoms with Gasteiger partial charge in [0.05, 0.1) is 12.7 Å². The van der Waals surface area contributed by atoms with Gasteiger partial charge in [-0.15, -0.1) is 0 Å². The van der Waals surface area contributed by atoms with Gasteiger partial charge in [0.25, 0.3) is 0 Å². The van der Waals surface area contributed by atoms with E-state index in [0.29, 0.717) is 35.7 Å². The minimum Gasteiger partial charge on any atom is -0.481 e.